The Morgan fingerprint density at radius 3 is 2.56 bits per heavy atom. The normalized spacial score (nSPS) is 20.5. The van der Waals surface area contributed by atoms with E-state index >= 15 is 0 Å². The molecule has 0 aliphatic carbocycles. The minimum Gasteiger partial charge on any atom is -0.490 e. The van der Waals surface area contributed by atoms with E-state index in [0.717, 1.165) is 39.1 Å². The van der Waals surface area contributed by atoms with Gasteiger partial charge in [0.1, 0.15) is 0 Å². The highest BCUT2D eigenvalue weighted by molar-refractivity contribution is 6.36. The van der Waals surface area contributed by atoms with Gasteiger partial charge in [0.05, 0.1) is 27.8 Å². The number of aliphatic imine (C=N–C) groups is 1. The molecule has 1 unspecified atom stereocenters. The summed E-state index contributed by atoms with van der Waals surface area (Å²) in [4.78, 5) is 20.7. The molecule has 4 N–H and O–H groups in total. The molecular weight excluding hydrogens is 506 g/mol. The van der Waals surface area contributed by atoms with Gasteiger partial charge in [0.15, 0.2) is 11.6 Å². The molecule has 192 valence electrons. The predicted molar refractivity (Wildman–Crippen MR) is 141 cm³/mol. The summed E-state index contributed by atoms with van der Waals surface area (Å²) in [6.45, 7) is 5.53. The number of nitrogens with zero attached hydrogens (tertiary/aromatic N) is 3. The molecule has 2 aliphatic heterocycles. The van der Waals surface area contributed by atoms with Gasteiger partial charge in [-0.1, -0.05) is 29.3 Å². The minimum absolute atomic E-state index is 0.166. The van der Waals surface area contributed by atoms with Crippen molar-refractivity contribution in [3.05, 3.63) is 69.6 Å². The number of piperazine rings is 1. The highest BCUT2D eigenvalue weighted by Gasteiger charge is 2.37. The first-order valence-corrected chi connectivity index (χ1v) is 12.4. The number of ether oxygens (including phenoxy) is 1. The van der Waals surface area contributed by atoms with Gasteiger partial charge in [0.2, 0.25) is 5.79 Å². The lowest BCUT2D eigenvalue weighted by molar-refractivity contribution is -0.114. The summed E-state index contributed by atoms with van der Waals surface area (Å²) in [5.41, 5.74) is 6.34. The van der Waals surface area contributed by atoms with Crippen molar-refractivity contribution >= 4 is 41.0 Å². The van der Waals surface area contributed by atoms with E-state index in [4.69, 9.17) is 33.7 Å². The van der Waals surface area contributed by atoms with Crippen molar-refractivity contribution in [2.24, 2.45) is 10.7 Å². The Morgan fingerprint density at radius 1 is 1.22 bits per heavy atom. The SMILES string of the molecule is CN1CCN(CCCOc2ccc(NC3(c4c(Cl)cccc4Cl)N=CC(C(N)=O)=CN3)cc2F)CC1. The third-order valence-corrected chi connectivity index (χ3v) is 6.80. The first-order valence-electron chi connectivity index (χ1n) is 11.7. The van der Waals surface area contributed by atoms with E-state index < -0.39 is 17.5 Å². The number of nitrogens with one attached hydrogen (secondary N) is 2. The fraction of sp³-hybridized carbons (Fsp3) is 0.360. The molecule has 2 aromatic rings. The standard InChI is InChI=1S/C25H29Cl2FN6O2/c1-33-9-11-34(12-10-33)8-3-13-36-22-7-6-18(14-21(22)28)32-25(23-19(26)4-2-5-20(23)27)30-15-17(16-31-25)24(29)35/h2,4-7,14-16,30,32H,3,8-13H2,1H3,(H2,29,35). The van der Waals surface area contributed by atoms with Gasteiger partial charge in [-0.05, 0) is 37.7 Å². The predicted octanol–water partition coefficient (Wildman–Crippen LogP) is 3.41. The molecule has 1 fully saturated rings. The number of anilines is 1. The molecule has 2 heterocycles. The summed E-state index contributed by atoms with van der Waals surface area (Å²) >= 11 is 12.9. The molecular formula is C25H29Cl2FN6O2. The number of rotatable bonds is 9. The van der Waals surface area contributed by atoms with Gasteiger partial charge in [-0.25, -0.2) is 9.38 Å². The zero-order chi connectivity index (χ0) is 25.7. The number of halogens is 3. The molecule has 0 radical (unpaired) electrons. The largest absolute Gasteiger partial charge is 0.490 e. The van der Waals surface area contributed by atoms with Crippen molar-refractivity contribution in [2.45, 2.75) is 12.2 Å². The average Bonchev–Trinajstić information content (AvgIpc) is 2.84. The van der Waals surface area contributed by atoms with E-state index in [2.05, 4.69) is 32.5 Å². The minimum atomic E-state index is -1.40. The maximum Gasteiger partial charge on any atom is 0.251 e. The van der Waals surface area contributed by atoms with Gasteiger partial charge in [-0.15, -0.1) is 0 Å². The number of hydrogen-bond donors (Lipinski definition) is 3. The lowest BCUT2D eigenvalue weighted by atomic mass is 10.0. The van der Waals surface area contributed by atoms with Crippen LogP contribution in [0, 0.1) is 5.82 Å². The van der Waals surface area contributed by atoms with E-state index in [1.54, 1.807) is 30.3 Å². The Morgan fingerprint density at radius 2 is 1.94 bits per heavy atom. The first-order chi connectivity index (χ1) is 17.3. The molecule has 36 heavy (non-hydrogen) atoms. The first kappa shape index (κ1) is 26.2. The molecule has 1 amide bonds. The second-order valence-electron chi connectivity index (χ2n) is 8.79. The highest BCUT2D eigenvalue weighted by atomic mass is 35.5. The van der Waals surface area contributed by atoms with E-state index in [-0.39, 0.29) is 11.3 Å². The van der Waals surface area contributed by atoms with Gasteiger partial charge < -0.3 is 30.9 Å². The van der Waals surface area contributed by atoms with Crippen molar-refractivity contribution in [1.29, 1.82) is 0 Å². The van der Waals surface area contributed by atoms with Crippen molar-refractivity contribution < 1.29 is 13.9 Å². The number of hydrogen-bond acceptors (Lipinski definition) is 7. The topological polar surface area (TPSA) is 95.2 Å². The second-order valence-corrected chi connectivity index (χ2v) is 9.61. The zero-order valence-electron chi connectivity index (χ0n) is 19.9. The lowest BCUT2D eigenvalue weighted by Crippen LogP contribution is -2.48. The monoisotopic (exact) mass is 534 g/mol. The Kier molecular flexibility index (Phi) is 8.35. The smallest absolute Gasteiger partial charge is 0.251 e. The summed E-state index contributed by atoms with van der Waals surface area (Å²) in [7, 11) is 2.12. The van der Waals surface area contributed by atoms with Crippen molar-refractivity contribution in [3.8, 4) is 5.75 Å². The molecule has 1 atom stereocenters. The van der Waals surface area contributed by atoms with E-state index in [0.29, 0.717) is 27.9 Å². The fourth-order valence-corrected chi connectivity index (χ4v) is 4.79. The molecule has 1 saturated heterocycles. The van der Waals surface area contributed by atoms with Crippen molar-refractivity contribution in [1.82, 2.24) is 15.1 Å². The van der Waals surface area contributed by atoms with Gasteiger partial charge in [0, 0.05) is 56.9 Å². The Bertz CT molecular complexity index is 1150. The van der Waals surface area contributed by atoms with Gasteiger partial charge in [0.25, 0.3) is 5.91 Å². The summed E-state index contributed by atoms with van der Waals surface area (Å²) in [5, 5.41) is 6.83. The molecule has 4 rings (SSSR count). The maximum absolute atomic E-state index is 14.9. The summed E-state index contributed by atoms with van der Waals surface area (Å²) in [6.07, 6.45) is 3.54. The van der Waals surface area contributed by atoms with Crippen LogP contribution in [0.1, 0.15) is 12.0 Å². The van der Waals surface area contributed by atoms with Crippen LogP contribution in [0.25, 0.3) is 0 Å². The van der Waals surface area contributed by atoms with Crippen LogP contribution < -0.4 is 21.1 Å². The van der Waals surface area contributed by atoms with Crippen LogP contribution in [0.2, 0.25) is 10.0 Å². The second kappa shape index (κ2) is 11.5. The summed E-state index contributed by atoms with van der Waals surface area (Å²) in [6, 6.07) is 9.58. The number of amides is 1. The molecule has 11 heteroatoms. The van der Waals surface area contributed by atoms with Crippen LogP contribution in [-0.4, -0.2) is 68.3 Å². The maximum atomic E-state index is 14.9. The van der Waals surface area contributed by atoms with Crippen LogP contribution in [0.15, 0.2) is 53.2 Å². The number of benzene rings is 2. The van der Waals surface area contributed by atoms with Gasteiger partial charge in [-0.3, -0.25) is 4.79 Å². The molecule has 0 aromatic heterocycles. The Hall–Kier alpha value is -2.85. The van der Waals surface area contributed by atoms with Crippen LogP contribution in [0.5, 0.6) is 5.75 Å². The van der Waals surface area contributed by atoms with E-state index in [1.807, 2.05) is 0 Å². The number of carbonyl (C=O) groups excluding carboxylic acids is 1. The summed E-state index contributed by atoms with van der Waals surface area (Å²) < 4.78 is 20.6. The average molecular weight is 535 g/mol. The van der Waals surface area contributed by atoms with E-state index in [1.165, 1.54) is 18.5 Å². The van der Waals surface area contributed by atoms with Crippen LogP contribution in [0.4, 0.5) is 10.1 Å². The Balaban J connectivity index is 1.45. The molecule has 2 aliphatic rings. The van der Waals surface area contributed by atoms with Gasteiger partial charge in [-0.2, -0.15) is 0 Å². The molecule has 8 nitrogen and oxygen atoms in total. The Labute approximate surface area is 219 Å². The van der Waals surface area contributed by atoms with Crippen LogP contribution in [-0.2, 0) is 10.6 Å². The van der Waals surface area contributed by atoms with Crippen LogP contribution in [0.3, 0.4) is 0 Å². The molecule has 2 aromatic carbocycles. The fourth-order valence-electron chi connectivity index (χ4n) is 4.12. The highest BCUT2D eigenvalue weighted by Crippen LogP contribution is 2.38. The zero-order valence-corrected chi connectivity index (χ0v) is 21.4. The van der Waals surface area contributed by atoms with Crippen LogP contribution >= 0.6 is 23.2 Å². The van der Waals surface area contributed by atoms with Gasteiger partial charge >= 0.3 is 0 Å². The third-order valence-electron chi connectivity index (χ3n) is 6.17. The quantitative estimate of drug-likeness (QED) is 0.426. The molecule has 0 spiro atoms. The number of carbonyl (C=O) groups is 1. The number of likely N-dealkylation sites (N-methyl/N-ethyl adjacent to an activating group) is 1. The lowest BCUT2D eigenvalue weighted by Gasteiger charge is -2.36. The molecule has 0 bridgehead atoms. The van der Waals surface area contributed by atoms with E-state index in [9.17, 15) is 9.18 Å². The summed E-state index contributed by atoms with van der Waals surface area (Å²) in [5.74, 6) is -2.40. The number of primary amides is 1. The third kappa shape index (κ3) is 6.10. The molecule has 0 saturated carbocycles. The number of nitrogens with two attached hydrogens (primary N) is 1. The van der Waals surface area contributed by atoms with Crippen molar-refractivity contribution in [3.63, 3.8) is 0 Å². The van der Waals surface area contributed by atoms with Crippen molar-refractivity contribution in [2.75, 3.05) is 51.7 Å².